The van der Waals surface area contributed by atoms with Crippen molar-refractivity contribution in [2.45, 2.75) is 6.92 Å². The summed E-state index contributed by atoms with van der Waals surface area (Å²) in [5.41, 5.74) is 1.81. The minimum atomic E-state index is -0.594. The van der Waals surface area contributed by atoms with Crippen LogP contribution in [0.3, 0.4) is 0 Å². The monoisotopic (exact) mass is 365 g/mol. The van der Waals surface area contributed by atoms with E-state index in [1.165, 1.54) is 13.2 Å². The van der Waals surface area contributed by atoms with Crippen LogP contribution in [0.4, 0.5) is 5.69 Å². The summed E-state index contributed by atoms with van der Waals surface area (Å²) < 4.78 is 16.1. The molecule has 0 radical (unpaired) electrons. The molecule has 1 heterocycles. The topological polar surface area (TPSA) is 77.8 Å². The molecule has 0 aliphatic rings. The zero-order chi connectivity index (χ0) is 19.2. The number of anilines is 1. The molecular formula is C21H19NO5. The van der Waals surface area contributed by atoms with E-state index in [-0.39, 0.29) is 0 Å². The Morgan fingerprint density at radius 2 is 1.93 bits per heavy atom. The quantitative estimate of drug-likeness (QED) is 0.402. The highest BCUT2D eigenvalue weighted by molar-refractivity contribution is 6.07. The number of benzene rings is 2. The molecule has 0 saturated heterocycles. The maximum Gasteiger partial charge on any atom is 0.331 e. The first kappa shape index (κ1) is 18.3. The second kappa shape index (κ2) is 8.23. The molecule has 3 aromatic rings. The van der Waals surface area contributed by atoms with Gasteiger partial charge in [-0.2, -0.15) is 0 Å². The maximum absolute atomic E-state index is 12.1. The molecule has 1 amide bonds. The van der Waals surface area contributed by atoms with Gasteiger partial charge in [0.15, 0.2) is 6.61 Å². The second-order valence-corrected chi connectivity index (χ2v) is 5.69. The smallest absolute Gasteiger partial charge is 0.331 e. The summed E-state index contributed by atoms with van der Waals surface area (Å²) in [5.74, 6) is -0.582. The largest absolute Gasteiger partial charge is 0.495 e. The van der Waals surface area contributed by atoms with Crippen LogP contribution in [0.15, 0.2) is 65.1 Å². The Kier molecular flexibility index (Phi) is 5.56. The fourth-order valence-electron chi connectivity index (χ4n) is 2.63. The van der Waals surface area contributed by atoms with Crippen LogP contribution in [0, 0.1) is 0 Å². The number of methoxy groups -OCH3 is 1. The molecule has 138 valence electrons. The Balaban J connectivity index is 1.76. The van der Waals surface area contributed by atoms with Gasteiger partial charge in [-0.15, -0.1) is 0 Å². The molecule has 0 bridgehead atoms. The molecule has 27 heavy (non-hydrogen) atoms. The first-order valence-electron chi connectivity index (χ1n) is 8.37. The van der Waals surface area contributed by atoms with Crippen LogP contribution < -0.4 is 10.1 Å². The normalized spacial score (nSPS) is 11.5. The van der Waals surface area contributed by atoms with Crippen molar-refractivity contribution < 1.29 is 23.5 Å². The van der Waals surface area contributed by atoms with E-state index in [2.05, 4.69) is 5.32 Å². The molecule has 0 unspecified atom stereocenters. The number of nitrogens with one attached hydrogen (secondary N) is 1. The number of ether oxygens (including phenoxy) is 2. The van der Waals surface area contributed by atoms with E-state index < -0.39 is 18.5 Å². The van der Waals surface area contributed by atoms with Crippen molar-refractivity contribution in [1.82, 2.24) is 0 Å². The Hall–Kier alpha value is -3.54. The third-order valence-electron chi connectivity index (χ3n) is 3.85. The minimum absolute atomic E-state index is 0.402. The minimum Gasteiger partial charge on any atom is -0.495 e. The molecule has 0 saturated carbocycles. The van der Waals surface area contributed by atoms with Gasteiger partial charge in [-0.1, -0.05) is 36.4 Å². The number of allylic oxidation sites excluding steroid dienone is 3. The van der Waals surface area contributed by atoms with E-state index in [9.17, 15) is 9.59 Å². The van der Waals surface area contributed by atoms with Crippen LogP contribution in [0.2, 0.25) is 0 Å². The molecule has 6 nitrogen and oxygen atoms in total. The molecule has 0 fully saturated rings. The molecule has 6 heteroatoms. The maximum atomic E-state index is 12.1. The summed E-state index contributed by atoms with van der Waals surface area (Å²) in [7, 11) is 1.52. The Labute approximate surface area is 156 Å². The Bertz CT molecular complexity index is 1050. The second-order valence-electron chi connectivity index (χ2n) is 5.69. The van der Waals surface area contributed by atoms with Crippen molar-refractivity contribution in [3.63, 3.8) is 0 Å². The fourth-order valence-corrected chi connectivity index (χ4v) is 2.63. The van der Waals surface area contributed by atoms with Gasteiger partial charge in [-0.05, 0) is 19.1 Å². The first-order valence-corrected chi connectivity index (χ1v) is 8.37. The molecule has 0 spiro atoms. The highest BCUT2D eigenvalue weighted by Crippen LogP contribution is 2.36. The zero-order valence-electron chi connectivity index (χ0n) is 15.0. The third kappa shape index (κ3) is 4.17. The van der Waals surface area contributed by atoms with Gasteiger partial charge in [-0.25, -0.2) is 4.79 Å². The van der Waals surface area contributed by atoms with Crippen LogP contribution in [0.1, 0.15) is 6.92 Å². The van der Waals surface area contributed by atoms with Gasteiger partial charge in [0.2, 0.25) is 0 Å². The lowest BCUT2D eigenvalue weighted by molar-refractivity contribution is -0.142. The predicted molar refractivity (Wildman–Crippen MR) is 104 cm³/mol. The number of furan rings is 1. The number of esters is 1. The molecule has 3 rings (SSSR count). The summed E-state index contributed by atoms with van der Waals surface area (Å²) in [4.78, 5) is 23.6. The van der Waals surface area contributed by atoms with Gasteiger partial charge >= 0.3 is 5.97 Å². The first-order chi connectivity index (χ1) is 13.1. The van der Waals surface area contributed by atoms with Gasteiger partial charge in [0, 0.05) is 22.9 Å². The van der Waals surface area contributed by atoms with E-state index in [0.717, 1.165) is 16.4 Å². The summed E-state index contributed by atoms with van der Waals surface area (Å²) in [6, 6.07) is 11.2. The summed E-state index contributed by atoms with van der Waals surface area (Å²) >= 11 is 0. The lowest BCUT2D eigenvalue weighted by Gasteiger charge is -2.10. The standard InChI is InChI=1S/C21H19NO5/c1-3-4-5-10-21(24)26-13-20(23)22-16-12-18-15(11-19(16)25-2)14-8-6-7-9-17(14)27-18/h3-12H,13H2,1-2H3,(H,22,23)/b4-3+,10-5+. The van der Waals surface area contributed by atoms with Crippen molar-refractivity contribution >= 4 is 39.5 Å². The number of rotatable bonds is 6. The SMILES string of the molecule is C/C=C/C=C/C(=O)OCC(=O)Nc1cc2oc3ccccc3c2cc1OC. The van der Waals surface area contributed by atoms with Gasteiger partial charge < -0.3 is 19.2 Å². The van der Waals surface area contributed by atoms with E-state index in [4.69, 9.17) is 13.9 Å². The van der Waals surface area contributed by atoms with Crippen LogP contribution in [-0.2, 0) is 14.3 Å². The van der Waals surface area contributed by atoms with E-state index in [1.54, 1.807) is 24.3 Å². The average molecular weight is 365 g/mol. The number of hydrogen-bond donors (Lipinski definition) is 1. The van der Waals surface area contributed by atoms with E-state index in [1.807, 2.05) is 37.3 Å². The van der Waals surface area contributed by atoms with Crippen molar-refractivity contribution in [2.75, 3.05) is 19.0 Å². The van der Waals surface area contributed by atoms with Gasteiger partial charge in [0.05, 0.1) is 12.8 Å². The predicted octanol–water partition coefficient (Wildman–Crippen LogP) is 4.21. The number of carbonyl (C=O) groups excluding carboxylic acids is 2. The molecular weight excluding hydrogens is 346 g/mol. The average Bonchev–Trinajstić information content (AvgIpc) is 3.03. The Morgan fingerprint density at radius 3 is 2.70 bits per heavy atom. The molecule has 1 aromatic heterocycles. The summed E-state index contributed by atoms with van der Waals surface area (Å²) in [6.45, 7) is 1.43. The van der Waals surface area contributed by atoms with Crippen LogP contribution >= 0.6 is 0 Å². The lowest BCUT2D eigenvalue weighted by Crippen LogP contribution is -2.20. The molecule has 2 aromatic carbocycles. The van der Waals surface area contributed by atoms with E-state index >= 15 is 0 Å². The summed E-state index contributed by atoms with van der Waals surface area (Å²) in [6.07, 6.45) is 6.25. The molecule has 0 atom stereocenters. The number of carbonyl (C=O) groups is 2. The van der Waals surface area contributed by atoms with E-state index in [0.29, 0.717) is 17.0 Å². The zero-order valence-corrected chi connectivity index (χ0v) is 15.0. The van der Waals surface area contributed by atoms with Crippen LogP contribution in [0.5, 0.6) is 5.75 Å². The van der Waals surface area contributed by atoms with Crippen molar-refractivity contribution in [2.24, 2.45) is 0 Å². The number of amides is 1. The molecule has 0 aliphatic carbocycles. The summed E-state index contributed by atoms with van der Waals surface area (Å²) in [5, 5.41) is 4.53. The number of hydrogen-bond acceptors (Lipinski definition) is 5. The fraction of sp³-hybridized carbons (Fsp3) is 0.143. The van der Waals surface area contributed by atoms with Gasteiger partial charge in [0.1, 0.15) is 16.9 Å². The number of para-hydroxylation sites is 1. The highest BCUT2D eigenvalue weighted by atomic mass is 16.5. The van der Waals surface area contributed by atoms with Gasteiger partial charge in [0.25, 0.3) is 5.91 Å². The third-order valence-corrected chi connectivity index (χ3v) is 3.85. The number of fused-ring (bicyclic) bond motifs is 3. The van der Waals surface area contributed by atoms with Crippen molar-refractivity contribution in [3.8, 4) is 5.75 Å². The van der Waals surface area contributed by atoms with Crippen LogP contribution in [-0.4, -0.2) is 25.6 Å². The highest BCUT2D eigenvalue weighted by Gasteiger charge is 2.14. The molecule has 1 N–H and O–H groups in total. The van der Waals surface area contributed by atoms with Crippen molar-refractivity contribution in [1.29, 1.82) is 0 Å². The van der Waals surface area contributed by atoms with Crippen LogP contribution in [0.25, 0.3) is 21.9 Å². The lowest BCUT2D eigenvalue weighted by atomic mass is 10.1. The molecule has 0 aliphatic heterocycles. The van der Waals surface area contributed by atoms with Crippen molar-refractivity contribution in [3.05, 3.63) is 60.7 Å². The Morgan fingerprint density at radius 1 is 1.11 bits per heavy atom. The van der Waals surface area contributed by atoms with Gasteiger partial charge in [-0.3, -0.25) is 4.79 Å².